The highest BCUT2D eigenvalue weighted by Crippen LogP contribution is 2.14. The van der Waals surface area contributed by atoms with E-state index in [1.165, 1.54) is 0 Å². The molecule has 0 aromatic carbocycles. The van der Waals surface area contributed by atoms with E-state index in [0.717, 1.165) is 5.57 Å². The third-order valence-corrected chi connectivity index (χ3v) is 2.06. The average Bonchev–Trinajstić information content (AvgIpc) is 2.34. The largest absolute Gasteiger partial charge is 0.481 e. The molecule has 0 fully saturated rings. The van der Waals surface area contributed by atoms with Gasteiger partial charge in [0.15, 0.2) is 5.82 Å². The lowest BCUT2D eigenvalue weighted by Gasteiger charge is -2.01. The Hall–Kier alpha value is -2.23. The summed E-state index contributed by atoms with van der Waals surface area (Å²) in [6, 6.07) is 1.69. The van der Waals surface area contributed by atoms with E-state index in [0.29, 0.717) is 11.4 Å². The third-order valence-electron chi connectivity index (χ3n) is 2.06. The summed E-state index contributed by atoms with van der Waals surface area (Å²) in [6.45, 7) is 5.51. The Morgan fingerprint density at radius 2 is 2.06 bits per heavy atom. The molecule has 0 saturated heterocycles. The normalized spacial score (nSPS) is 12.3. The van der Waals surface area contributed by atoms with Crippen molar-refractivity contribution in [2.75, 3.05) is 0 Å². The summed E-state index contributed by atoms with van der Waals surface area (Å²) in [4.78, 5) is 18.8. The number of aliphatic carboxylic acids is 1. The second-order valence-electron chi connectivity index (χ2n) is 3.45. The van der Waals surface area contributed by atoms with Crippen molar-refractivity contribution in [3.63, 3.8) is 0 Å². The summed E-state index contributed by atoms with van der Waals surface area (Å²) >= 11 is 0. The standard InChI is InChI=1S/C13H14N2O2/c1-3-10(2)5-6-11(9-12(16)17)13-14-7-4-8-15-13/h3-8H,1,9H2,2H3,(H,16,17)/b10-5-,11-6+. The molecule has 0 aliphatic heterocycles. The summed E-state index contributed by atoms with van der Waals surface area (Å²) in [5, 5.41) is 8.83. The van der Waals surface area contributed by atoms with Crippen LogP contribution in [0.4, 0.5) is 0 Å². The highest BCUT2D eigenvalue weighted by atomic mass is 16.4. The molecule has 1 N–H and O–H groups in total. The zero-order valence-corrected chi connectivity index (χ0v) is 9.63. The number of hydrogen-bond acceptors (Lipinski definition) is 3. The molecule has 17 heavy (non-hydrogen) atoms. The molecule has 1 aromatic heterocycles. The molecule has 1 heterocycles. The smallest absolute Gasteiger partial charge is 0.307 e. The maximum Gasteiger partial charge on any atom is 0.307 e. The molecule has 0 saturated carbocycles. The number of rotatable bonds is 5. The molecule has 88 valence electrons. The lowest BCUT2D eigenvalue weighted by molar-refractivity contribution is -0.135. The third kappa shape index (κ3) is 4.42. The van der Waals surface area contributed by atoms with Crippen molar-refractivity contribution in [3.8, 4) is 0 Å². The van der Waals surface area contributed by atoms with Crippen LogP contribution in [0.15, 0.2) is 48.8 Å². The van der Waals surface area contributed by atoms with E-state index in [4.69, 9.17) is 5.11 Å². The van der Waals surface area contributed by atoms with Gasteiger partial charge in [0, 0.05) is 18.0 Å². The average molecular weight is 230 g/mol. The highest BCUT2D eigenvalue weighted by Gasteiger charge is 2.08. The van der Waals surface area contributed by atoms with Gasteiger partial charge in [0.05, 0.1) is 6.42 Å². The second kappa shape index (κ2) is 6.37. The Balaban J connectivity index is 3.04. The molecule has 1 aromatic rings. The van der Waals surface area contributed by atoms with Gasteiger partial charge < -0.3 is 5.11 Å². The fourth-order valence-electron chi connectivity index (χ4n) is 1.14. The Bertz CT molecular complexity index is 462. The van der Waals surface area contributed by atoms with Crippen LogP contribution >= 0.6 is 0 Å². The lowest BCUT2D eigenvalue weighted by atomic mass is 10.1. The number of carboxylic acid groups (broad SMARTS) is 1. The molecule has 0 bridgehead atoms. The summed E-state index contributed by atoms with van der Waals surface area (Å²) in [7, 11) is 0. The van der Waals surface area contributed by atoms with Crippen molar-refractivity contribution >= 4 is 11.5 Å². The molecular formula is C13H14N2O2. The van der Waals surface area contributed by atoms with E-state index in [-0.39, 0.29) is 6.42 Å². The van der Waals surface area contributed by atoms with E-state index in [1.54, 1.807) is 36.7 Å². The van der Waals surface area contributed by atoms with Crippen LogP contribution in [0.1, 0.15) is 19.2 Å². The number of allylic oxidation sites excluding steroid dienone is 4. The first-order valence-corrected chi connectivity index (χ1v) is 5.12. The maximum absolute atomic E-state index is 10.8. The Kier molecular flexibility index (Phi) is 4.81. The quantitative estimate of drug-likeness (QED) is 0.789. The minimum Gasteiger partial charge on any atom is -0.481 e. The summed E-state index contributed by atoms with van der Waals surface area (Å²) < 4.78 is 0. The van der Waals surface area contributed by atoms with Crippen LogP contribution in [-0.2, 0) is 4.79 Å². The van der Waals surface area contributed by atoms with Crippen molar-refractivity contribution in [1.29, 1.82) is 0 Å². The molecule has 1 rings (SSSR count). The fraction of sp³-hybridized carbons (Fsp3) is 0.154. The Morgan fingerprint density at radius 1 is 1.41 bits per heavy atom. The van der Waals surface area contributed by atoms with Gasteiger partial charge in [-0.05, 0) is 13.0 Å². The maximum atomic E-state index is 10.8. The van der Waals surface area contributed by atoms with Crippen molar-refractivity contribution < 1.29 is 9.90 Å². The fourth-order valence-corrected chi connectivity index (χ4v) is 1.14. The van der Waals surface area contributed by atoms with Crippen LogP contribution in [0.2, 0.25) is 0 Å². The van der Waals surface area contributed by atoms with Gasteiger partial charge in [0.2, 0.25) is 0 Å². The first kappa shape index (κ1) is 12.8. The Morgan fingerprint density at radius 3 is 2.59 bits per heavy atom. The predicted molar refractivity (Wildman–Crippen MR) is 66.2 cm³/mol. The number of hydrogen-bond donors (Lipinski definition) is 1. The van der Waals surface area contributed by atoms with Crippen LogP contribution in [0, 0.1) is 0 Å². The van der Waals surface area contributed by atoms with Crippen LogP contribution in [-0.4, -0.2) is 21.0 Å². The SMILES string of the molecule is C=C/C(C)=C\C=C(/CC(=O)O)c1ncccn1. The van der Waals surface area contributed by atoms with Gasteiger partial charge in [-0.15, -0.1) is 0 Å². The van der Waals surface area contributed by atoms with E-state index in [1.807, 2.05) is 6.92 Å². The molecule has 4 heteroatoms. The molecule has 0 unspecified atom stereocenters. The second-order valence-corrected chi connectivity index (χ2v) is 3.45. The topological polar surface area (TPSA) is 63.1 Å². The van der Waals surface area contributed by atoms with Crippen molar-refractivity contribution in [3.05, 3.63) is 54.7 Å². The molecule has 4 nitrogen and oxygen atoms in total. The molecule has 0 amide bonds. The van der Waals surface area contributed by atoms with Gasteiger partial charge in [-0.2, -0.15) is 0 Å². The van der Waals surface area contributed by atoms with Crippen LogP contribution < -0.4 is 0 Å². The minimum atomic E-state index is -0.909. The molecule has 0 spiro atoms. The monoisotopic (exact) mass is 230 g/mol. The van der Waals surface area contributed by atoms with E-state index >= 15 is 0 Å². The number of carbonyl (C=O) groups is 1. The zero-order chi connectivity index (χ0) is 12.7. The van der Waals surface area contributed by atoms with Crippen LogP contribution in [0.5, 0.6) is 0 Å². The number of aromatic nitrogens is 2. The number of carboxylic acids is 1. The van der Waals surface area contributed by atoms with Crippen LogP contribution in [0.3, 0.4) is 0 Å². The van der Waals surface area contributed by atoms with Crippen LogP contribution in [0.25, 0.3) is 5.57 Å². The first-order chi connectivity index (χ1) is 8.13. The zero-order valence-electron chi connectivity index (χ0n) is 9.63. The molecule has 0 aliphatic rings. The van der Waals surface area contributed by atoms with Gasteiger partial charge in [-0.25, -0.2) is 9.97 Å². The van der Waals surface area contributed by atoms with Gasteiger partial charge in [-0.3, -0.25) is 4.79 Å². The van der Waals surface area contributed by atoms with Gasteiger partial charge in [0.1, 0.15) is 0 Å². The van der Waals surface area contributed by atoms with Crippen molar-refractivity contribution in [2.24, 2.45) is 0 Å². The summed E-state index contributed by atoms with van der Waals surface area (Å²) in [5.74, 6) is -0.476. The van der Waals surface area contributed by atoms with Gasteiger partial charge >= 0.3 is 5.97 Å². The molecule has 0 atom stereocenters. The minimum absolute atomic E-state index is 0.106. The first-order valence-electron chi connectivity index (χ1n) is 5.12. The molecule has 0 aliphatic carbocycles. The summed E-state index contributed by atoms with van der Waals surface area (Å²) in [5.41, 5.74) is 1.52. The van der Waals surface area contributed by atoms with Crippen molar-refractivity contribution in [2.45, 2.75) is 13.3 Å². The highest BCUT2D eigenvalue weighted by molar-refractivity contribution is 5.82. The van der Waals surface area contributed by atoms with Gasteiger partial charge in [0.25, 0.3) is 0 Å². The van der Waals surface area contributed by atoms with E-state index < -0.39 is 5.97 Å². The predicted octanol–water partition coefficient (Wildman–Crippen LogP) is 2.47. The van der Waals surface area contributed by atoms with Crippen molar-refractivity contribution in [1.82, 2.24) is 9.97 Å². The molecular weight excluding hydrogens is 216 g/mol. The lowest BCUT2D eigenvalue weighted by Crippen LogP contribution is -2.00. The summed E-state index contributed by atoms with van der Waals surface area (Å²) in [6.07, 6.45) is 8.26. The van der Waals surface area contributed by atoms with E-state index in [9.17, 15) is 4.79 Å². The van der Waals surface area contributed by atoms with Gasteiger partial charge in [-0.1, -0.05) is 30.4 Å². The molecule has 0 radical (unpaired) electrons. The Labute approximate surface area is 100 Å². The number of nitrogens with zero attached hydrogens (tertiary/aromatic N) is 2. The van der Waals surface area contributed by atoms with E-state index in [2.05, 4.69) is 16.5 Å².